The van der Waals surface area contributed by atoms with Gasteiger partial charge in [0.05, 0.1) is 6.04 Å². The zero-order valence-corrected chi connectivity index (χ0v) is 13.4. The SMILES string of the molecule is COCc1ccc([C@H]2CCCN2C(=O)NCCn2cccc2)o1. The monoisotopic (exact) mass is 317 g/mol. The average molecular weight is 317 g/mol. The highest BCUT2D eigenvalue weighted by Gasteiger charge is 2.32. The summed E-state index contributed by atoms with van der Waals surface area (Å²) in [4.78, 5) is 14.3. The zero-order valence-electron chi connectivity index (χ0n) is 13.4. The molecule has 1 aliphatic rings. The molecule has 6 nitrogen and oxygen atoms in total. The molecule has 2 aromatic heterocycles. The summed E-state index contributed by atoms with van der Waals surface area (Å²) in [6, 6.07) is 7.82. The average Bonchev–Trinajstić information content (AvgIpc) is 3.28. The van der Waals surface area contributed by atoms with Crippen LogP contribution in [0.15, 0.2) is 41.1 Å². The molecule has 2 amide bonds. The van der Waals surface area contributed by atoms with Gasteiger partial charge in [0.25, 0.3) is 0 Å². The molecule has 3 rings (SSSR count). The molecule has 6 heteroatoms. The smallest absolute Gasteiger partial charge is 0.318 e. The van der Waals surface area contributed by atoms with Gasteiger partial charge in [-0.1, -0.05) is 0 Å². The molecule has 1 aliphatic heterocycles. The van der Waals surface area contributed by atoms with E-state index in [1.807, 2.05) is 46.1 Å². The molecule has 0 aliphatic carbocycles. The second-order valence-corrected chi connectivity index (χ2v) is 5.74. The normalized spacial score (nSPS) is 17.6. The third-order valence-corrected chi connectivity index (χ3v) is 4.12. The molecule has 0 unspecified atom stereocenters. The Hall–Kier alpha value is -2.21. The second kappa shape index (κ2) is 7.37. The van der Waals surface area contributed by atoms with Gasteiger partial charge >= 0.3 is 6.03 Å². The van der Waals surface area contributed by atoms with Crippen molar-refractivity contribution in [3.63, 3.8) is 0 Å². The molecule has 0 aromatic carbocycles. The van der Waals surface area contributed by atoms with Crippen LogP contribution in [0.25, 0.3) is 0 Å². The molecule has 1 atom stereocenters. The molecule has 2 aromatic rings. The fourth-order valence-electron chi connectivity index (χ4n) is 3.01. The number of hydrogen-bond acceptors (Lipinski definition) is 3. The van der Waals surface area contributed by atoms with Crippen molar-refractivity contribution in [2.75, 3.05) is 20.2 Å². The number of hydrogen-bond donors (Lipinski definition) is 1. The maximum absolute atomic E-state index is 12.4. The highest BCUT2D eigenvalue weighted by atomic mass is 16.5. The van der Waals surface area contributed by atoms with Crippen LogP contribution in [-0.2, 0) is 17.9 Å². The maximum Gasteiger partial charge on any atom is 0.318 e. The Labute approximate surface area is 136 Å². The lowest BCUT2D eigenvalue weighted by molar-refractivity contribution is 0.156. The van der Waals surface area contributed by atoms with Gasteiger partial charge in [-0.2, -0.15) is 0 Å². The predicted octanol–water partition coefficient (Wildman–Crippen LogP) is 2.77. The highest BCUT2D eigenvalue weighted by Crippen LogP contribution is 2.33. The quantitative estimate of drug-likeness (QED) is 0.891. The molecule has 1 fully saturated rings. The molecule has 1 N–H and O–H groups in total. The zero-order chi connectivity index (χ0) is 16.1. The Morgan fingerprint density at radius 3 is 3.00 bits per heavy atom. The summed E-state index contributed by atoms with van der Waals surface area (Å²) in [5.41, 5.74) is 0. The van der Waals surface area contributed by atoms with E-state index in [4.69, 9.17) is 9.15 Å². The predicted molar refractivity (Wildman–Crippen MR) is 85.9 cm³/mol. The number of furan rings is 1. The lowest BCUT2D eigenvalue weighted by Crippen LogP contribution is -2.40. The standard InChI is InChI=1S/C17H23N3O3/c1-22-13-14-6-7-16(23-14)15-5-4-11-20(15)17(21)18-8-12-19-9-2-3-10-19/h2-3,6-7,9-10,15H,4-5,8,11-13H2,1H3,(H,18,21)/t15-/m1/s1. The molecule has 0 spiro atoms. The van der Waals surface area contributed by atoms with Crippen molar-refractivity contribution in [2.45, 2.75) is 32.0 Å². The van der Waals surface area contributed by atoms with Crippen LogP contribution in [0.1, 0.15) is 30.4 Å². The lowest BCUT2D eigenvalue weighted by atomic mass is 10.2. The van der Waals surface area contributed by atoms with Crippen LogP contribution >= 0.6 is 0 Å². The first-order valence-electron chi connectivity index (χ1n) is 8.00. The van der Waals surface area contributed by atoms with Crippen LogP contribution in [0, 0.1) is 0 Å². The van der Waals surface area contributed by atoms with Gasteiger partial charge in [0.1, 0.15) is 18.1 Å². The van der Waals surface area contributed by atoms with Gasteiger partial charge in [0, 0.05) is 39.1 Å². The third-order valence-electron chi connectivity index (χ3n) is 4.12. The molecule has 1 saturated heterocycles. The summed E-state index contributed by atoms with van der Waals surface area (Å²) < 4.78 is 12.9. The van der Waals surface area contributed by atoms with Crippen molar-refractivity contribution in [3.05, 3.63) is 48.2 Å². The van der Waals surface area contributed by atoms with Gasteiger partial charge in [-0.05, 0) is 37.1 Å². The Bertz CT molecular complexity index is 621. The number of nitrogens with one attached hydrogen (secondary N) is 1. The Morgan fingerprint density at radius 1 is 1.39 bits per heavy atom. The first-order valence-corrected chi connectivity index (χ1v) is 8.00. The van der Waals surface area contributed by atoms with E-state index < -0.39 is 0 Å². The number of nitrogens with zero attached hydrogens (tertiary/aromatic N) is 2. The van der Waals surface area contributed by atoms with Gasteiger partial charge in [0.2, 0.25) is 0 Å². The molecular formula is C17H23N3O3. The topological polar surface area (TPSA) is 59.6 Å². The largest absolute Gasteiger partial charge is 0.461 e. The molecule has 0 bridgehead atoms. The van der Waals surface area contributed by atoms with E-state index >= 15 is 0 Å². The van der Waals surface area contributed by atoms with Crippen LogP contribution in [0.3, 0.4) is 0 Å². The van der Waals surface area contributed by atoms with Crippen LogP contribution in [0.2, 0.25) is 0 Å². The summed E-state index contributed by atoms with van der Waals surface area (Å²) in [6.07, 6.45) is 5.91. The lowest BCUT2D eigenvalue weighted by Gasteiger charge is -2.23. The van der Waals surface area contributed by atoms with E-state index in [0.717, 1.165) is 37.5 Å². The van der Waals surface area contributed by atoms with Gasteiger partial charge in [-0.25, -0.2) is 4.79 Å². The van der Waals surface area contributed by atoms with Gasteiger partial charge in [-0.3, -0.25) is 0 Å². The number of carbonyl (C=O) groups excluding carboxylic acids is 1. The summed E-state index contributed by atoms with van der Waals surface area (Å²) in [6.45, 7) is 2.61. The van der Waals surface area contributed by atoms with E-state index in [-0.39, 0.29) is 12.1 Å². The van der Waals surface area contributed by atoms with Gasteiger partial charge < -0.3 is 23.9 Å². The summed E-state index contributed by atoms with van der Waals surface area (Å²) in [7, 11) is 1.64. The Morgan fingerprint density at radius 2 is 2.22 bits per heavy atom. The fourth-order valence-corrected chi connectivity index (χ4v) is 3.01. The number of rotatable bonds is 6. The summed E-state index contributed by atoms with van der Waals surface area (Å²) in [5.74, 6) is 1.64. The van der Waals surface area contributed by atoms with Crippen LogP contribution in [0.4, 0.5) is 4.79 Å². The number of amides is 2. The molecule has 0 saturated carbocycles. The van der Waals surface area contributed by atoms with Crippen molar-refractivity contribution in [3.8, 4) is 0 Å². The summed E-state index contributed by atoms with van der Waals surface area (Å²) in [5, 5.41) is 2.99. The first-order chi connectivity index (χ1) is 11.3. The van der Waals surface area contributed by atoms with Crippen LogP contribution < -0.4 is 5.32 Å². The van der Waals surface area contributed by atoms with E-state index in [1.54, 1.807) is 7.11 Å². The van der Waals surface area contributed by atoms with Crippen molar-refractivity contribution >= 4 is 6.03 Å². The number of carbonyl (C=O) groups is 1. The fraction of sp³-hybridized carbons (Fsp3) is 0.471. The van der Waals surface area contributed by atoms with Crippen molar-refractivity contribution in [1.82, 2.24) is 14.8 Å². The van der Waals surface area contributed by atoms with E-state index in [2.05, 4.69) is 5.32 Å². The van der Waals surface area contributed by atoms with Crippen LogP contribution in [-0.4, -0.2) is 35.7 Å². The third kappa shape index (κ3) is 3.76. The van der Waals surface area contributed by atoms with Crippen molar-refractivity contribution in [2.24, 2.45) is 0 Å². The molecular weight excluding hydrogens is 294 g/mol. The first kappa shape index (κ1) is 15.7. The molecule has 124 valence electrons. The number of urea groups is 1. The second-order valence-electron chi connectivity index (χ2n) is 5.74. The number of likely N-dealkylation sites (tertiary alicyclic amines) is 1. The molecule has 0 radical (unpaired) electrons. The minimum atomic E-state index is -0.0238. The molecule has 3 heterocycles. The molecule has 23 heavy (non-hydrogen) atoms. The van der Waals surface area contributed by atoms with E-state index in [0.29, 0.717) is 13.2 Å². The maximum atomic E-state index is 12.4. The van der Waals surface area contributed by atoms with Gasteiger partial charge in [-0.15, -0.1) is 0 Å². The minimum Gasteiger partial charge on any atom is -0.461 e. The number of methoxy groups -OCH3 is 1. The number of ether oxygens (including phenoxy) is 1. The van der Waals surface area contributed by atoms with Crippen molar-refractivity contribution in [1.29, 1.82) is 0 Å². The number of aromatic nitrogens is 1. The summed E-state index contributed by atoms with van der Waals surface area (Å²) >= 11 is 0. The van der Waals surface area contributed by atoms with E-state index in [1.165, 1.54) is 0 Å². The van der Waals surface area contributed by atoms with Gasteiger partial charge in [0.15, 0.2) is 0 Å². The minimum absolute atomic E-state index is 0.0205. The van der Waals surface area contributed by atoms with E-state index in [9.17, 15) is 4.79 Å². The Balaban J connectivity index is 1.55. The van der Waals surface area contributed by atoms with Crippen molar-refractivity contribution < 1.29 is 13.9 Å². The highest BCUT2D eigenvalue weighted by molar-refractivity contribution is 5.75. The van der Waals surface area contributed by atoms with Crippen LogP contribution in [0.5, 0.6) is 0 Å². The Kier molecular flexibility index (Phi) is 5.02.